The lowest BCUT2D eigenvalue weighted by molar-refractivity contribution is -0.118. The van der Waals surface area contributed by atoms with Gasteiger partial charge in [-0.2, -0.15) is 10.2 Å². The molecule has 65 heavy (non-hydrogen) atoms. The fraction of sp³-hybridized carbons (Fsp3) is 0.468. The van der Waals surface area contributed by atoms with Gasteiger partial charge in [-0.3, -0.25) is 24.5 Å². The molecule has 1 fully saturated rings. The van der Waals surface area contributed by atoms with Crippen LogP contribution >= 0.6 is 8.53 Å². The zero-order valence-corrected chi connectivity index (χ0v) is 39.3. The summed E-state index contributed by atoms with van der Waals surface area (Å²) in [7, 11) is 2.96. The van der Waals surface area contributed by atoms with E-state index >= 15 is 0 Å². The number of fused-ring (bicyclic) bond motifs is 1. The molecule has 1 aliphatic heterocycles. The number of hydrogen-bond donors (Lipinski definition) is 2. The Morgan fingerprint density at radius 1 is 0.892 bits per heavy atom. The van der Waals surface area contributed by atoms with Crippen molar-refractivity contribution in [3.05, 3.63) is 112 Å². The summed E-state index contributed by atoms with van der Waals surface area (Å²) in [5, 5.41) is 12.2. The number of nitrogens with one attached hydrogen (secondary N) is 2. The Labute approximate surface area is 381 Å². The van der Waals surface area contributed by atoms with Gasteiger partial charge in [-0.15, -0.1) is 0 Å². The number of aromatic amines is 1. The molecule has 0 bridgehead atoms. The minimum atomic E-state index is -1.87. The largest absolute Gasteiger partial charge is 0.497 e. The molecule has 2 aromatic heterocycles. The Morgan fingerprint density at radius 2 is 1.51 bits per heavy atom. The summed E-state index contributed by atoms with van der Waals surface area (Å²) in [5.74, 6) is 0.587. The summed E-state index contributed by atoms with van der Waals surface area (Å²) >= 11 is 0. The molecule has 1 aliphatic rings. The van der Waals surface area contributed by atoms with E-state index in [1.807, 2.05) is 107 Å². The first-order valence-corrected chi connectivity index (χ1v) is 22.8. The maximum atomic E-state index is 13.5. The first kappa shape index (κ1) is 49.2. The van der Waals surface area contributed by atoms with Crippen LogP contribution in [0, 0.1) is 17.2 Å². The topological polar surface area (TPSA) is 194 Å². The molecule has 1 saturated heterocycles. The number of carbonyl (C=O) groups excluding carboxylic acids is 1. The molecule has 3 aromatic carbocycles. The molecule has 0 radical (unpaired) electrons. The summed E-state index contributed by atoms with van der Waals surface area (Å²) in [6, 6.07) is 27.5. The van der Waals surface area contributed by atoms with Crippen molar-refractivity contribution >= 4 is 31.5 Å². The second-order valence-corrected chi connectivity index (χ2v) is 17.6. The Hall–Kier alpha value is -5.28. The van der Waals surface area contributed by atoms with Crippen molar-refractivity contribution in [3.63, 3.8) is 0 Å². The fourth-order valence-corrected chi connectivity index (χ4v) is 9.50. The number of hydrogen-bond acceptors (Lipinski definition) is 14. The highest BCUT2D eigenvalue weighted by Gasteiger charge is 2.52. The van der Waals surface area contributed by atoms with E-state index in [0.717, 1.165) is 16.7 Å². The van der Waals surface area contributed by atoms with E-state index in [-0.39, 0.29) is 73.9 Å². The standard InChI is InChI=1S/C47H60N7O10P/c1-30(2)43(55)51-46-50-42-39(44(56)52-46)49-29-53(42)45-41(64-65(62-25-13-24-48)54(31(3)4)32(5)6)40(60-27-26-57-7)38(63-45)28-61-47(33-14-11-10-12-15-33,34-16-20-36(58-8)21-17-34)35-18-22-37(59-9)23-19-35/h10-12,14-23,29-32,38,40-41,45H,13,25-28H2,1-9H3,(H2,50,51,52,55,56). The van der Waals surface area contributed by atoms with Crippen molar-refractivity contribution in [2.45, 2.75) is 90.2 Å². The van der Waals surface area contributed by atoms with Crippen molar-refractivity contribution < 1.29 is 42.3 Å². The first-order chi connectivity index (χ1) is 31.4. The van der Waals surface area contributed by atoms with Crippen LogP contribution in [0.15, 0.2) is 90.0 Å². The third kappa shape index (κ3) is 11.2. The maximum absolute atomic E-state index is 13.5. The smallest absolute Gasteiger partial charge is 0.280 e. The zero-order valence-electron chi connectivity index (χ0n) is 38.4. The van der Waals surface area contributed by atoms with Gasteiger partial charge in [0.1, 0.15) is 35.4 Å². The molecule has 348 valence electrons. The summed E-state index contributed by atoms with van der Waals surface area (Å²) in [4.78, 5) is 38.1. The minimum absolute atomic E-state index is 0.0204. The summed E-state index contributed by atoms with van der Waals surface area (Å²) in [6.45, 7) is 12.1. The van der Waals surface area contributed by atoms with Gasteiger partial charge in [0.25, 0.3) is 14.1 Å². The van der Waals surface area contributed by atoms with Crippen LogP contribution in [0.5, 0.6) is 11.5 Å². The van der Waals surface area contributed by atoms with Gasteiger partial charge in [0.2, 0.25) is 11.9 Å². The number of H-pyrrole nitrogens is 1. The van der Waals surface area contributed by atoms with Crippen molar-refractivity contribution in [3.8, 4) is 17.6 Å². The van der Waals surface area contributed by atoms with E-state index in [1.165, 1.54) is 6.33 Å². The Morgan fingerprint density at radius 3 is 2.06 bits per heavy atom. The number of amides is 1. The maximum Gasteiger partial charge on any atom is 0.280 e. The van der Waals surface area contributed by atoms with Crippen LogP contribution in [-0.4, -0.2) is 108 Å². The predicted molar refractivity (Wildman–Crippen MR) is 245 cm³/mol. The van der Waals surface area contributed by atoms with Gasteiger partial charge in [-0.25, -0.2) is 9.65 Å². The lowest BCUT2D eigenvalue weighted by Gasteiger charge is -2.38. The van der Waals surface area contributed by atoms with E-state index in [4.69, 9.17) is 37.5 Å². The van der Waals surface area contributed by atoms with E-state index in [0.29, 0.717) is 11.5 Å². The van der Waals surface area contributed by atoms with E-state index in [1.54, 1.807) is 39.7 Å². The minimum Gasteiger partial charge on any atom is -0.497 e. The highest BCUT2D eigenvalue weighted by Crippen LogP contribution is 2.52. The molecule has 5 atom stereocenters. The molecule has 5 aromatic rings. The van der Waals surface area contributed by atoms with Crippen molar-refractivity contribution in [1.82, 2.24) is 24.2 Å². The molecule has 2 N–H and O–H groups in total. The average molecular weight is 914 g/mol. The van der Waals surface area contributed by atoms with Gasteiger partial charge in [-0.1, -0.05) is 68.4 Å². The van der Waals surface area contributed by atoms with Crippen LogP contribution in [0.4, 0.5) is 5.95 Å². The van der Waals surface area contributed by atoms with Crippen molar-refractivity contribution in [2.24, 2.45) is 5.92 Å². The quantitative estimate of drug-likeness (QED) is 0.0376. The third-order valence-electron chi connectivity index (χ3n) is 10.9. The summed E-state index contributed by atoms with van der Waals surface area (Å²) in [6.07, 6.45) is -2.08. The molecule has 18 heteroatoms. The van der Waals surface area contributed by atoms with Crippen LogP contribution in [0.3, 0.4) is 0 Å². The SMILES string of the molecule is COCCOC1C(COC(c2ccccc2)(c2ccc(OC)cc2)c2ccc(OC)cc2)OC(n2cnc3c(=O)[nH]c(NC(=O)C(C)C)nc32)C1OP(OCCC#N)N(C(C)C)C(C)C. The number of rotatable bonds is 23. The van der Waals surface area contributed by atoms with Crippen LogP contribution in [0.1, 0.15) is 70.9 Å². The van der Waals surface area contributed by atoms with Crippen LogP contribution < -0.4 is 20.3 Å². The molecule has 17 nitrogen and oxygen atoms in total. The second-order valence-electron chi connectivity index (χ2n) is 16.2. The van der Waals surface area contributed by atoms with Crippen LogP contribution in [0.2, 0.25) is 0 Å². The zero-order chi connectivity index (χ0) is 46.7. The number of nitriles is 1. The molecule has 3 heterocycles. The normalized spacial score (nSPS) is 18.2. The molecule has 0 saturated carbocycles. The number of nitrogens with zero attached hydrogens (tertiary/aromatic N) is 5. The second kappa shape index (κ2) is 22.8. The third-order valence-corrected chi connectivity index (χ3v) is 13.0. The number of methoxy groups -OCH3 is 3. The number of aromatic nitrogens is 4. The van der Waals surface area contributed by atoms with Gasteiger partial charge in [0, 0.05) is 25.1 Å². The summed E-state index contributed by atoms with van der Waals surface area (Å²) in [5.41, 5.74) is 0.850. The summed E-state index contributed by atoms with van der Waals surface area (Å²) < 4.78 is 55.1. The van der Waals surface area contributed by atoms with Crippen LogP contribution in [-0.2, 0) is 38.4 Å². The average Bonchev–Trinajstić information content (AvgIpc) is 3.88. The number of benzene rings is 3. The molecule has 0 spiro atoms. The highest BCUT2D eigenvalue weighted by molar-refractivity contribution is 7.44. The van der Waals surface area contributed by atoms with E-state index in [9.17, 15) is 14.9 Å². The number of anilines is 1. The van der Waals surface area contributed by atoms with Gasteiger partial charge >= 0.3 is 0 Å². The fourth-order valence-electron chi connectivity index (χ4n) is 7.76. The molecule has 1 amide bonds. The highest BCUT2D eigenvalue weighted by atomic mass is 31.2. The Kier molecular flexibility index (Phi) is 17.2. The van der Waals surface area contributed by atoms with E-state index in [2.05, 4.69) is 31.0 Å². The lowest BCUT2D eigenvalue weighted by atomic mass is 9.80. The predicted octanol–water partition coefficient (Wildman–Crippen LogP) is 7.33. The Balaban J connectivity index is 1.52. The van der Waals surface area contributed by atoms with Crippen molar-refractivity contribution in [1.29, 1.82) is 5.26 Å². The monoisotopic (exact) mass is 913 g/mol. The molecule has 0 aliphatic carbocycles. The molecular weight excluding hydrogens is 854 g/mol. The lowest BCUT2D eigenvalue weighted by Crippen LogP contribution is -2.43. The van der Waals surface area contributed by atoms with Gasteiger partial charge in [-0.05, 0) is 68.7 Å². The molecular formula is C47H60N7O10P. The van der Waals surface area contributed by atoms with E-state index < -0.39 is 44.2 Å². The van der Waals surface area contributed by atoms with Gasteiger partial charge in [0.05, 0.1) is 59.5 Å². The first-order valence-electron chi connectivity index (χ1n) is 21.6. The van der Waals surface area contributed by atoms with Gasteiger partial charge in [0.15, 0.2) is 17.4 Å². The molecule has 5 unspecified atom stereocenters. The Bertz CT molecular complexity index is 2330. The number of ether oxygens (including phenoxy) is 6. The number of carbonyl (C=O) groups is 1. The number of imidazole rings is 1. The van der Waals surface area contributed by atoms with Crippen LogP contribution in [0.25, 0.3) is 11.2 Å². The molecule has 6 rings (SSSR count). The van der Waals surface area contributed by atoms with Gasteiger partial charge < -0.3 is 37.5 Å². The van der Waals surface area contributed by atoms with Crippen molar-refractivity contribution in [2.75, 3.05) is 53.1 Å².